The number of aromatic nitrogens is 2. The summed E-state index contributed by atoms with van der Waals surface area (Å²) in [6.07, 6.45) is 3.49. The average Bonchev–Trinajstić information content (AvgIpc) is 2.59. The highest BCUT2D eigenvalue weighted by Gasteiger charge is 2.07. The SMILES string of the molecule is COC(=O)c1ccn2cnc(I)c2c1. The topological polar surface area (TPSA) is 43.6 Å². The molecule has 0 saturated carbocycles. The Morgan fingerprint density at radius 2 is 2.43 bits per heavy atom. The summed E-state index contributed by atoms with van der Waals surface area (Å²) < 4.78 is 7.35. The van der Waals surface area contributed by atoms with Crippen LogP contribution in [0, 0.1) is 3.70 Å². The maximum Gasteiger partial charge on any atom is 0.337 e. The number of hydrogen-bond acceptors (Lipinski definition) is 3. The van der Waals surface area contributed by atoms with Crippen LogP contribution in [0.15, 0.2) is 24.7 Å². The minimum Gasteiger partial charge on any atom is -0.465 e. The van der Waals surface area contributed by atoms with E-state index in [4.69, 9.17) is 0 Å². The van der Waals surface area contributed by atoms with E-state index in [0.29, 0.717) is 5.56 Å². The average molecular weight is 302 g/mol. The summed E-state index contributed by atoms with van der Waals surface area (Å²) in [6.45, 7) is 0. The second-order valence-corrected chi connectivity index (χ2v) is 3.76. The largest absolute Gasteiger partial charge is 0.465 e. The Kier molecular flexibility index (Phi) is 2.40. The standard InChI is InChI=1S/C9H7IN2O2/c1-14-9(13)6-2-3-12-5-11-8(10)7(12)4-6/h2-5H,1H3. The molecular formula is C9H7IN2O2. The molecule has 72 valence electrons. The number of ether oxygens (including phenoxy) is 1. The Morgan fingerprint density at radius 3 is 3.14 bits per heavy atom. The molecule has 0 fully saturated rings. The van der Waals surface area contributed by atoms with E-state index >= 15 is 0 Å². The molecule has 0 atom stereocenters. The molecule has 0 aliphatic rings. The maximum atomic E-state index is 11.2. The molecule has 0 unspecified atom stereocenters. The van der Waals surface area contributed by atoms with Crippen LogP contribution < -0.4 is 0 Å². The summed E-state index contributed by atoms with van der Waals surface area (Å²) in [7, 11) is 1.37. The van der Waals surface area contributed by atoms with Crippen LogP contribution in [0.5, 0.6) is 0 Å². The molecule has 0 aromatic carbocycles. The second kappa shape index (κ2) is 3.56. The van der Waals surface area contributed by atoms with Crippen molar-refractivity contribution < 1.29 is 9.53 Å². The van der Waals surface area contributed by atoms with Gasteiger partial charge < -0.3 is 9.14 Å². The molecule has 14 heavy (non-hydrogen) atoms. The number of carbonyl (C=O) groups is 1. The first-order chi connectivity index (χ1) is 6.72. The Morgan fingerprint density at radius 1 is 1.64 bits per heavy atom. The van der Waals surface area contributed by atoms with E-state index in [-0.39, 0.29) is 5.97 Å². The zero-order valence-electron chi connectivity index (χ0n) is 7.40. The number of methoxy groups -OCH3 is 1. The lowest BCUT2D eigenvalue weighted by Gasteiger charge is -1.99. The highest BCUT2D eigenvalue weighted by atomic mass is 127. The maximum absolute atomic E-state index is 11.2. The van der Waals surface area contributed by atoms with Gasteiger partial charge >= 0.3 is 5.97 Å². The molecule has 0 aliphatic heterocycles. The van der Waals surface area contributed by atoms with Crippen LogP contribution in [0.2, 0.25) is 0 Å². The molecule has 0 spiro atoms. The summed E-state index contributed by atoms with van der Waals surface area (Å²) in [5.74, 6) is -0.329. The zero-order valence-corrected chi connectivity index (χ0v) is 9.56. The van der Waals surface area contributed by atoms with Crippen molar-refractivity contribution in [3.63, 3.8) is 0 Å². The lowest BCUT2D eigenvalue weighted by molar-refractivity contribution is 0.0601. The van der Waals surface area contributed by atoms with Gasteiger partial charge in [0, 0.05) is 6.20 Å². The number of pyridine rings is 1. The van der Waals surface area contributed by atoms with Gasteiger partial charge in [0.2, 0.25) is 0 Å². The van der Waals surface area contributed by atoms with Crippen molar-refractivity contribution in [1.29, 1.82) is 0 Å². The molecule has 2 aromatic heterocycles. The predicted octanol–water partition coefficient (Wildman–Crippen LogP) is 1.73. The number of carbonyl (C=O) groups excluding carboxylic acids is 1. The van der Waals surface area contributed by atoms with Gasteiger partial charge in [0.25, 0.3) is 0 Å². The van der Waals surface area contributed by atoms with Gasteiger partial charge in [-0.2, -0.15) is 0 Å². The highest BCUT2D eigenvalue weighted by molar-refractivity contribution is 14.1. The van der Waals surface area contributed by atoms with Gasteiger partial charge in [0.15, 0.2) is 0 Å². The van der Waals surface area contributed by atoms with Crippen LogP contribution in [0.25, 0.3) is 5.52 Å². The predicted molar refractivity (Wildman–Crippen MR) is 59.2 cm³/mol. The van der Waals surface area contributed by atoms with E-state index in [9.17, 15) is 4.79 Å². The van der Waals surface area contributed by atoms with Crippen LogP contribution in [-0.2, 0) is 4.74 Å². The smallest absolute Gasteiger partial charge is 0.337 e. The first-order valence-electron chi connectivity index (χ1n) is 3.93. The fourth-order valence-electron chi connectivity index (χ4n) is 1.20. The van der Waals surface area contributed by atoms with Crippen LogP contribution in [0.1, 0.15) is 10.4 Å². The molecule has 0 radical (unpaired) electrons. The van der Waals surface area contributed by atoms with E-state index in [1.807, 2.05) is 4.40 Å². The fourth-order valence-corrected chi connectivity index (χ4v) is 1.76. The summed E-state index contributed by atoms with van der Waals surface area (Å²) in [4.78, 5) is 15.4. The van der Waals surface area contributed by atoms with Crippen LogP contribution in [0.4, 0.5) is 0 Å². The molecule has 4 nitrogen and oxygen atoms in total. The molecule has 2 heterocycles. The van der Waals surface area contributed by atoms with E-state index in [1.165, 1.54) is 7.11 Å². The third-order valence-electron chi connectivity index (χ3n) is 1.91. The van der Waals surface area contributed by atoms with Crippen molar-refractivity contribution in [3.8, 4) is 0 Å². The fraction of sp³-hybridized carbons (Fsp3) is 0.111. The molecule has 2 rings (SSSR count). The van der Waals surface area contributed by atoms with Crippen molar-refractivity contribution in [2.75, 3.05) is 7.11 Å². The second-order valence-electron chi connectivity index (χ2n) is 2.73. The highest BCUT2D eigenvalue weighted by Crippen LogP contribution is 2.14. The summed E-state index contributed by atoms with van der Waals surface area (Å²) in [5, 5.41) is 0. The lowest BCUT2D eigenvalue weighted by Crippen LogP contribution is -2.01. The Hall–Kier alpha value is -1.11. The monoisotopic (exact) mass is 302 g/mol. The number of halogens is 1. The molecule has 0 amide bonds. The summed E-state index contributed by atoms with van der Waals surface area (Å²) in [5.41, 5.74) is 1.45. The van der Waals surface area contributed by atoms with Crippen molar-refractivity contribution in [1.82, 2.24) is 9.38 Å². The van der Waals surface area contributed by atoms with Gasteiger partial charge in [0.1, 0.15) is 10.0 Å². The number of esters is 1. The molecule has 2 aromatic rings. The molecule has 0 saturated heterocycles. The van der Waals surface area contributed by atoms with Gasteiger partial charge in [-0.05, 0) is 34.7 Å². The van der Waals surface area contributed by atoms with Gasteiger partial charge in [-0.3, -0.25) is 0 Å². The molecule has 0 aliphatic carbocycles. The Labute approximate surface area is 94.0 Å². The number of fused-ring (bicyclic) bond motifs is 1. The van der Waals surface area contributed by atoms with E-state index in [1.54, 1.807) is 24.7 Å². The molecule has 0 bridgehead atoms. The van der Waals surface area contributed by atoms with Crippen molar-refractivity contribution >= 4 is 34.1 Å². The van der Waals surface area contributed by atoms with Crippen molar-refractivity contribution in [3.05, 3.63) is 33.9 Å². The van der Waals surface area contributed by atoms with E-state index in [2.05, 4.69) is 32.3 Å². The number of imidazole rings is 1. The first-order valence-corrected chi connectivity index (χ1v) is 5.01. The first kappa shape index (κ1) is 9.45. The Bertz CT molecular complexity index is 493. The summed E-state index contributed by atoms with van der Waals surface area (Å²) >= 11 is 2.12. The lowest BCUT2D eigenvalue weighted by atomic mass is 10.2. The van der Waals surface area contributed by atoms with E-state index < -0.39 is 0 Å². The van der Waals surface area contributed by atoms with Crippen LogP contribution in [0.3, 0.4) is 0 Å². The minimum atomic E-state index is -0.329. The van der Waals surface area contributed by atoms with Gasteiger partial charge in [-0.15, -0.1) is 0 Å². The van der Waals surface area contributed by atoms with Gasteiger partial charge in [0.05, 0.1) is 18.2 Å². The van der Waals surface area contributed by atoms with Crippen molar-refractivity contribution in [2.24, 2.45) is 0 Å². The molecular weight excluding hydrogens is 295 g/mol. The van der Waals surface area contributed by atoms with Crippen LogP contribution in [-0.4, -0.2) is 22.5 Å². The quantitative estimate of drug-likeness (QED) is 0.595. The van der Waals surface area contributed by atoms with Gasteiger partial charge in [-0.1, -0.05) is 0 Å². The summed E-state index contributed by atoms with van der Waals surface area (Å²) in [6, 6.07) is 3.47. The Balaban J connectivity index is 2.60. The number of rotatable bonds is 1. The minimum absolute atomic E-state index is 0.329. The third kappa shape index (κ3) is 1.47. The normalized spacial score (nSPS) is 10.4. The third-order valence-corrected chi connectivity index (χ3v) is 2.74. The van der Waals surface area contributed by atoms with E-state index in [0.717, 1.165) is 9.22 Å². The van der Waals surface area contributed by atoms with Gasteiger partial charge in [-0.25, -0.2) is 9.78 Å². The number of hydrogen-bond donors (Lipinski definition) is 0. The number of nitrogens with zero attached hydrogens (tertiary/aromatic N) is 2. The van der Waals surface area contributed by atoms with Crippen molar-refractivity contribution in [2.45, 2.75) is 0 Å². The van der Waals surface area contributed by atoms with Crippen LogP contribution >= 0.6 is 22.6 Å². The molecule has 0 N–H and O–H groups in total. The molecule has 5 heteroatoms. The zero-order chi connectivity index (χ0) is 10.1.